The van der Waals surface area contributed by atoms with Crippen molar-refractivity contribution < 1.29 is 29.6 Å². The summed E-state index contributed by atoms with van der Waals surface area (Å²) in [6.45, 7) is 2.14. The summed E-state index contributed by atoms with van der Waals surface area (Å²) in [7, 11) is 0. The average molecular weight is 414 g/mol. The van der Waals surface area contributed by atoms with Crippen LogP contribution in [0.3, 0.4) is 0 Å². The number of aromatic hydroxyl groups is 1. The Kier molecular flexibility index (Phi) is 7.16. The van der Waals surface area contributed by atoms with E-state index in [1.54, 1.807) is 18.2 Å². The summed E-state index contributed by atoms with van der Waals surface area (Å²) in [6.07, 6.45) is 1.93. The highest BCUT2D eigenvalue weighted by Crippen LogP contribution is 2.28. The van der Waals surface area contributed by atoms with E-state index in [-0.39, 0.29) is 18.4 Å². The van der Waals surface area contributed by atoms with Crippen molar-refractivity contribution in [3.63, 3.8) is 0 Å². The molecule has 5 N–H and O–H groups in total. The Hall–Kier alpha value is -3.23. The van der Waals surface area contributed by atoms with E-state index in [0.717, 1.165) is 16.5 Å². The van der Waals surface area contributed by atoms with E-state index in [1.807, 2.05) is 25.3 Å². The molecule has 0 radical (unpaired) electrons. The average Bonchev–Trinajstić information content (AvgIpc) is 3.13. The van der Waals surface area contributed by atoms with Crippen LogP contribution in [0.25, 0.3) is 10.9 Å². The van der Waals surface area contributed by atoms with Gasteiger partial charge >= 0.3 is 5.97 Å². The maximum absolute atomic E-state index is 10.7. The van der Waals surface area contributed by atoms with Gasteiger partial charge in [0.15, 0.2) is 6.61 Å². The Morgan fingerprint density at radius 2 is 1.93 bits per heavy atom. The number of phenolic OH excluding ortho intramolecular Hbond substituents is 1. The molecule has 8 nitrogen and oxygen atoms in total. The van der Waals surface area contributed by atoms with Crippen LogP contribution in [0.1, 0.15) is 12.5 Å². The predicted octanol–water partition coefficient (Wildman–Crippen LogP) is 2.30. The van der Waals surface area contributed by atoms with Crippen LogP contribution in [0.5, 0.6) is 17.2 Å². The second kappa shape index (κ2) is 10.00. The first-order chi connectivity index (χ1) is 14.4. The third kappa shape index (κ3) is 5.88. The summed E-state index contributed by atoms with van der Waals surface area (Å²) in [6, 6.07) is 12.0. The monoisotopic (exact) mass is 414 g/mol. The first-order valence-corrected chi connectivity index (χ1v) is 9.69. The highest BCUT2D eigenvalue weighted by atomic mass is 16.5. The number of aromatic nitrogens is 1. The smallest absolute Gasteiger partial charge is 0.341 e. The summed E-state index contributed by atoms with van der Waals surface area (Å²) in [5.41, 5.74) is 1.84. The van der Waals surface area contributed by atoms with Crippen LogP contribution in [-0.4, -0.2) is 58.2 Å². The molecule has 0 bridgehead atoms. The molecule has 1 aromatic heterocycles. The lowest BCUT2D eigenvalue weighted by Crippen LogP contribution is -2.37. The van der Waals surface area contributed by atoms with Crippen molar-refractivity contribution in [3.8, 4) is 17.2 Å². The van der Waals surface area contributed by atoms with Crippen LogP contribution in [0.4, 0.5) is 0 Å². The van der Waals surface area contributed by atoms with Crippen molar-refractivity contribution in [2.75, 3.05) is 19.8 Å². The molecule has 8 heteroatoms. The standard InChI is InChI=1S/C22H26N2O6/c1-14(23-11-17(26)12-29-18-7-5-16(25)6-8-18)9-15-10-24-22-19(15)3-2-4-20(22)30-13-21(27)28/h2-8,10,14,17,23-26H,9,11-13H2,1H3,(H,27,28). The van der Waals surface area contributed by atoms with Gasteiger partial charge in [0.25, 0.3) is 0 Å². The molecule has 0 saturated carbocycles. The number of hydrogen-bond donors (Lipinski definition) is 5. The number of ether oxygens (including phenoxy) is 2. The number of nitrogens with one attached hydrogen (secondary N) is 2. The minimum Gasteiger partial charge on any atom is -0.508 e. The van der Waals surface area contributed by atoms with Gasteiger partial charge in [0.1, 0.15) is 30.0 Å². The summed E-state index contributed by atoms with van der Waals surface area (Å²) >= 11 is 0. The van der Waals surface area contributed by atoms with Crippen LogP contribution in [0.15, 0.2) is 48.7 Å². The zero-order valence-electron chi connectivity index (χ0n) is 16.7. The minimum absolute atomic E-state index is 0.0934. The fraction of sp³-hybridized carbons (Fsp3) is 0.318. The van der Waals surface area contributed by atoms with Crippen molar-refractivity contribution in [3.05, 3.63) is 54.2 Å². The molecule has 3 aromatic rings. The van der Waals surface area contributed by atoms with E-state index in [4.69, 9.17) is 14.6 Å². The Morgan fingerprint density at radius 3 is 2.67 bits per heavy atom. The minimum atomic E-state index is -1.02. The van der Waals surface area contributed by atoms with E-state index in [9.17, 15) is 15.0 Å². The molecule has 1 heterocycles. The summed E-state index contributed by atoms with van der Waals surface area (Å²) in [5.74, 6) is 0.226. The number of para-hydroxylation sites is 1. The first kappa shape index (κ1) is 21.5. The van der Waals surface area contributed by atoms with Crippen molar-refractivity contribution in [2.24, 2.45) is 0 Å². The number of fused-ring (bicyclic) bond motifs is 1. The molecule has 2 unspecified atom stereocenters. The van der Waals surface area contributed by atoms with Crippen LogP contribution < -0.4 is 14.8 Å². The molecule has 160 valence electrons. The van der Waals surface area contributed by atoms with E-state index in [2.05, 4.69) is 10.3 Å². The van der Waals surface area contributed by atoms with Gasteiger partial charge in [0, 0.05) is 24.2 Å². The fourth-order valence-corrected chi connectivity index (χ4v) is 3.15. The topological polar surface area (TPSA) is 124 Å². The maximum atomic E-state index is 10.7. The van der Waals surface area contributed by atoms with E-state index in [0.29, 0.717) is 24.5 Å². The van der Waals surface area contributed by atoms with Crippen molar-refractivity contribution in [2.45, 2.75) is 25.5 Å². The van der Waals surface area contributed by atoms with Crippen LogP contribution in [-0.2, 0) is 11.2 Å². The second-order valence-electron chi connectivity index (χ2n) is 7.15. The first-order valence-electron chi connectivity index (χ1n) is 9.69. The lowest BCUT2D eigenvalue weighted by Gasteiger charge is -2.17. The number of rotatable bonds is 11. The van der Waals surface area contributed by atoms with Gasteiger partial charge in [-0.1, -0.05) is 12.1 Å². The van der Waals surface area contributed by atoms with Gasteiger partial charge in [-0.25, -0.2) is 4.79 Å². The number of aliphatic hydroxyl groups is 1. The third-order valence-electron chi connectivity index (χ3n) is 4.62. The third-order valence-corrected chi connectivity index (χ3v) is 4.62. The summed E-state index contributed by atoms with van der Waals surface area (Å²) < 4.78 is 10.9. The van der Waals surface area contributed by atoms with E-state index >= 15 is 0 Å². The Bertz CT molecular complexity index is 969. The van der Waals surface area contributed by atoms with Crippen LogP contribution in [0.2, 0.25) is 0 Å². The number of aliphatic carboxylic acids is 1. The molecule has 3 rings (SSSR count). The molecule has 0 amide bonds. The fourth-order valence-electron chi connectivity index (χ4n) is 3.15. The molecule has 0 spiro atoms. The van der Waals surface area contributed by atoms with Gasteiger partial charge in [-0.15, -0.1) is 0 Å². The number of carboxylic acid groups (broad SMARTS) is 1. The highest BCUT2D eigenvalue weighted by molar-refractivity contribution is 5.88. The molecular weight excluding hydrogens is 388 g/mol. The zero-order valence-corrected chi connectivity index (χ0v) is 16.7. The van der Waals surface area contributed by atoms with Gasteiger partial charge in [-0.05, 0) is 49.2 Å². The Morgan fingerprint density at radius 1 is 1.17 bits per heavy atom. The van der Waals surface area contributed by atoms with Gasteiger partial charge in [-0.2, -0.15) is 0 Å². The van der Waals surface area contributed by atoms with E-state index < -0.39 is 18.7 Å². The Balaban J connectivity index is 1.50. The van der Waals surface area contributed by atoms with E-state index in [1.165, 1.54) is 12.1 Å². The molecule has 0 aliphatic rings. The molecule has 0 aliphatic carbocycles. The number of aromatic amines is 1. The normalized spacial score (nSPS) is 13.1. The second-order valence-corrected chi connectivity index (χ2v) is 7.15. The van der Waals surface area contributed by atoms with Crippen molar-refractivity contribution in [1.82, 2.24) is 10.3 Å². The number of H-pyrrole nitrogens is 1. The van der Waals surface area contributed by atoms with Crippen LogP contribution >= 0.6 is 0 Å². The van der Waals surface area contributed by atoms with Gasteiger partial charge in [0.2, 0.25) is 0 Å². The molecule has 30 heavy (non-hydrogen) atoms. The SMILES string of the molecule is CC(Cc1c[nH]c2c(OCC(=O)O)cccc12)NCC(O)COc1ccc(O)cc1. The van der Waals surface area contributed by atoms with Gasteiger partial charge in [0.05, 0.1) is 5.52 Å². The number of carboxylic acids is 1. The summed E-state index contributed by atoms with van der Waals surface area (Å²) in [5, 5.41) is 32.5. The lowest BCUT2D eigenvalue weighted by atomic mass is 10.1. The largest absolute Gasteiger partial charge is 0.508 e. The lowest BCUT2D eigenvalue weighted by molar-refractivity contribution is -0.139. The summed E-state index contributed by atoms with van der Waals surface area (Å²) in [4.78, 5) is 13.9. The number of aliphatic hydroxyl groups excluding tert-OH is 1. The predicted molar refractivity (Wildman–Crippen MR) is 112 cm³/mol. The number of hydrogen-bond acceptors (Lipinski definition) is 6. The number of benzene rings is 2. The molecule has 2 atom stereocenters. The maximum Gasteiger partial charge on any atom is 0.341 e. The van der Waals surface area contributed by atoms with Gasteiger partial charge < -0.3 is 35.1 Å². The molecule has 0 saturated heterocycles. The number of phenols is 1. The van der Waals surface area contributed by atoms with Crippen molar-refractivity contribution in [1.29, 1.82) is 0 Å². The number of carbonyl (C=O) groups is 1. The van der Waals surface area contributed by atoms with Crippen LogP contribution in [0, 0.1) is 0 Å². The Labute approximate surface area is 174 Å². The highest BCUT2D eigenvalue weighted by Gasteiger charge is 2.13. The van der Waals surface area contributed by atoms with Crippen molar-refractivity contribution >= 4 is 16.9 Å². The molecule has 0 fully saturated rings. The quantitative estimate of drug-likeness (QED) is 0.326. The zero-order chi connectivity index (χ0) is 21.5. The van der Waals surface area contributed by atoms with Gasteiger partial charge in [-0.3, -0.25) is 0 Å². The molecular formula is C22H26N2O6. The molecule has 2 aromatic carbocycles. The molecule has 0 aliphatic heterocycles.